The molecule has 7 heteroatoms. The van der Waals surface area contributed by atoms with Gasteiger partial charge in [0, 0.05) is 38.6 Å². The lowest BCUT2D eigenvalue weighted by molar-refractivity contribution is 0.143. The lowest BCUT2D eigenvalue weighted by Gasteiger charge is -2.11. The topological polar surface area (TPSA) is 67.8 Å². The van der Waals surface area contributed by atoms with Crippen LogP contribution in [0.4, 0.5) is 0 Å². The van der Waals surface area contributed by atoms with E-state index in [9.17, 15) is 0 Å². The lowest BCUT2D eigenvalue weighted by atomic mass is 10.2. The van der Waals surface area contributed by atoms with E-state index in [1.807, 2.05) is 49.4 Å². The van der Waals surface area contributed by atoms with Crippen LogP contribution in [0.5, 0.6) is 5.88 Å². The molecule has 1 aromatic heterocycles. The molecule has 0 aliphatic heterocycles. The van der Waals surface area contributed by atoms with Crippen LogP contribution in [0.1, 0.15) is 37.8 Å². The first-order valence-corrected chi connectivity index (χ1v) is 10.0. The van der Waals surface area contributed by atoms with Gasteiger partial charge in [0.1, 0.15) is 6.61 Å². The van der Waals surface area contributed by atoms with Crippen molar-refractivity contribution >= 4 is 29.9 Å². The summed E-state index contributed by atoms with van der Waals surface area (Å²) in [6.45, 7) is 8.45. The predicted octanol–water partition coefficient (Wildman–Crippen LogP) is 4.15. The van der Waals surface area contributed by atoms with E-state index in [2.05, 4.69) is 27.5 Å². The van der Waals surface area contributed by atoms with Gasteiger partial charge in [0.15, 0.2) is 5.96 Å². The Balaban J connectivity index is 0.00000420. The number of benzene rings is 1. The maximum Gasteiger partial charge on any atom is 0.213 e. The molecule has 0 saturated carbocycles. The highest BCUT2D eigenvalue weighted by Crippen LogP contribution is 2.12. The average molecular weight is 512 g/mol. The number of ether oxygens (including phenoxy) is 2. The molecule has 0 unspecified atom stereocenters. The fraction of sp³-hybridized carbons (Fsp3) is 0.455. The molecule has 2 rings (SSSR count). The molecule has 0 aliphatic rings. The van der Waals surface area contributed by atoms with E-state index < -0.39 is 0 Å². The van der Waals surface area contributed by atoms with Gasteiger partial charge in [0.25, 0.3) is 0 Å². The molecular weight excluding hydrogens is 479 g/mol. The van der Waals surface area contributed by atoms with Crippen LogP contribution in [-0.2, 0) is 17.9 Å². The Morgan fingerprint density at radius 3 is 2.62 bits per heavy atom. The molecule has 0 fully saturated rings. The van der Waals surface area contributed by atoms with Crippen molar-refractivity contribution in [3.05, 3.63) is 59.8 Å². The van der Waals surface area contributed by atoms with Gasteiger partial charge in [-0.1, -0.05) is 30.3 Å². The van der Waals surface area contributed by atoms with E-state index in [1.54, 1.807) is 6.20 Å². The third-order valence-corrected chi connectivity index (χ3v) is 4.00. The number of nitrogens with one attached hydrogen (secondary N) is 2. The molecule has 160 valence electrons. The van der Waals surface area contributed by atoms with Crippen molar-refractivity contribution in [3.8, 4) is 5.88 Å². The molecule has 0 amide bonds. The second-order valence-corrected chi connectivity index (χ2v) is 6.30. The van der Waals surface area contributed by atoms with E-state index in [4.69, 9.17) is 9.47 Å². The number of pyridine rings is 1. The molecule has 0 bridgehead atoms. The molecule has 0 spiro atoms. The molecule has 0 radical (unpaired) electrons. The summed E-state index contributed by atoms with van der Waals surface area (Å²) in [6, 6.07) is 14.0. The number of aliphatic imine (C=N–C) groups is 1. The predicted molar refractivity (Wildman–Crippen MR) is 129 cm³/mol. The highest BCUT2D eigenvalue weighted by Gasteiger charge is 2.01. The van der Waals surface area contributed by atoms with Crippen molar-refractivity contribution in [1.29, 1.82) is 0 Å². The van der Waals surface area contributed by atoms with Gasteiger partial charge in [0.2, 0.25) is 5.88 Å². The largest absolute Gasteiger partial charge is 0.473 e. The van der Waals surface area contributed by atoms with Crippen molar-refractivity contribution in [2.45, 2.75) is 39.8 Å². The highest BCUT2D eigenvalue weighted by molar-refractivity contribution is 14.0. The molecular formula is C22H33IN4O2. The molecule has 0 saturated heterocycles. The number of hydrogen-bond donors (Lipinski definition) is 2. The van der Waals surface area contributed by atoms with Gasteiger partial charge in [0.05, 0.1) is 6.54 Å². The van der Waals surface area contributed by atoms with Crippen LogP contribution in [-0.4, -0.2) is 37.2 Å². The molecule has 1 aromatic carbocycles. The fourth-order valence-corrected chi connectivity index (χ4v) is 2.55. The summed E-state index contributed by atoms with van der Waals surface area (Å²) in [5.74, 6) is 1.44. The number of unbranched alkanes of at least 4 members (excludes halogenated alkanes) is 1. The van der Waals surface area contributed by atoms with Crippen LogP contribution >= 0.6 is 24.0 Å². The standard InChI is InChI=1S/C22H32N4O2.HI/c1-3-23-22(25-13-8-9-15-27-4-2)26-17-20-12-14-24-21(16-20)28-18-19-10-6-5-7-11-19;/h5-7,10-12,14,16H,3-4,8-9,13,15,17-18H2,1-2H3,(H2,23,25,26);1H. The summed E-state index contributed by atoms with van der Waals surface area (Å²) in [5.41, 5.74) is 2.18. The highest BCUT2D eigenvalue weighted by atomic mass is 127. The first kappa shape index (κ1) is 25.2. The molecule has 6 nitrogen and oxygen atoms in total. The van der Waals surface area contributed by atoms with Crippen LogP contribution in [0.15, 0.2) is 53.7 Å². The third-order valence-electron chi connectivity index (χ3n) is 4.00. The Morgan fingerprint density at radius 1 is 1.03 bits per heavy atom. The summed E-state index contributed by atoms with van der Waals surface area (Å²) < 4.78 is 11.2. The summed E-state index contributed by atoms with van der Waals surface area (Å²) in [7, 11) is 0. The zero-order valence-electron chi connectivity index (χ0n) is 17.4. The van der Waals surface area contributed by atoms with Crippen molar-refractivity contribution in [2.75, 3.05) is 26.3 Å². The quantitative estimate of drug-likeness (QED) is 0.194. The van der Waals surface area contributed by atoms with Gasteiger partial charge in [-0.2, -0.15) is 0 Å². The Morgan fingerprint density at radius 2 is 1.86 bits per heavy atom. The zero-order valence-corrected chi connectivity index (χ0v) is 19.7. The number of rotatable bonds is 12. The smallest absolute Gasteiger partial charge is 0.213 e. The van der Waals surface area contributed by atoms with Gasteiger partial charge in [-0.15, -0.1) is 24.0 Å². The van der Waals surface area contributed by atoms with E-state index in [1.165, 1.54) is 0 Å². The number of nitrogens with zero attached hydrogens (tertiary/aromatic N) is 2. The normalized spacial score (nSPS) is 10.9. The van der Waals surface area contributed by atoms with Gasteiger partial charge in [-0.25, -0.2) is 9.98 Å². The monoisotopic (exact) mass is 512 g/mol. The van der Waals surface area contributed by atoms with Gasteiger partial charge >= 0.3 is 0 Å². The molecule has 2 aromatic rings. The SMILES string of the molecule is CCNC(=NCc1ccnc(OCc2ccccc2)c1)NCCCCOCC.I. The average Bonchev–Trinajstić information content (AvgIpc) is 2.74. The minimum atomic E-state index is 0. The second-order valence-electron chi connectivity index (χ2n) is 6.30. The maximum atomic E-state index is 5.80. The maximum absolute atomic E-state index is 5.80. The third kappa shape index (κ3) is 11.0. The Labute approximate surface area is 191 Å². The van der Waals surface area contributed by atoms with Crippen LogP contribution in [0.2, 0.25) is 0 Å². The summed E-state index contributed by atoms with van der Waals surface area (Å²) >= 11 is 0. The van der Waals surface area contributed by atoms with Gasteiger partial charge in [-0.3, -0.25) is 0 Å². The van der Waals surface area contributed by atoms with E-state index >= 15 is 0 Å². The second kappa shape index (κ2) is 16.0. The van der Waals surface area contributed by atoms with Crippen LogP contribution in [0.25, 0.3) is 0 Å². The number of guanidine groups is 1. The molecule has 29 heavy (non-hydrogen) atoms. The van der Waals surface area contributed by atoms with Crippen LogP contribution in [0.3, 0.4) is 0 Å². The number of hydrogen-bond acceptors (Lipinski definition) is 4. The van der Waals surface area contributed by atoms with Crippen molar-refractivity contribution in [1.82, 2.24) is 15.6 Å². The van der Waals surface area contributed by atoms with Crippen molar-refractivity contribution < 1.29 is 9.47 Å². The van der Waals surface area contributed by atoms with E-state index in [0.29, 0.717) is 19.0 Å². The van der Waals surface area contributed by atoms with Crippen LogP contribution < -0.4 is 15.4 Å². The Kier molecular flexibility index (Phi) is 13.9. The van der Waals surface area contributed by atoms with Gasteiger partial charge in [-0.05, 0) is 43.9 Å². The lowest BCUT2D eigenvalue weighted by Crippen LogP contribution is -2.37. The van der Waals surface area contributed by atoms with E-state index in [0.717, 1.165) is 56.2 Å². The molecule has 1 heterocycles. The number of aromatic nitrogens is 1. The van der Waals surface area contributed by atoms with Gasteiger partial charge < -0.3 is 20.1 Å². The number of halogens is 1. The van der Waals surface area contributed by atoms with Crippen LogP contribution in [0, 0.1) is 0 Å². The molecule has 0 aliphatic carbocycles. The van der Waals surface area contributed by atoms with Crippen molar-refractivity contribution in [2.24, 2.45) is 4.99 Å². The molecule has 2 N–H and O–H groups in total. The summed E-state index contributed by atoms with van der Waals surface area (Å²) in [5, 5.41) is 6.64. The first-order valence-electron chi connectivity index (χ1n) is 10.0. The van der Waals surface area contributed by atoms with Crippen molar-refractivity contribution in [3.63, 3.8) is 0 Å². The van der Waals surface area contributed by atoms with E-state index in [-0.39, 0.29) is 24.0 Å². The fourth-order valence-electron chi connectivity index (χ4n) is 2.55. The summed E-state index contributed by atoms with van der Waals surface area (Å²) in [6.07, 6.45) is 3.86. The molecule has 0 atom stereocenters. The minimum absolute atomic E-state index is 0. The Bertz CT molecular complexity index is 698. The zero-order chi connectivity index (χ0) is 19.9. The summed E-state index contributed by atoms with van der Waals surface area (Å²) in [4.78, 5) is 8.95. The minimum Gasteiger partial charge on any atom is -0.473 e. The Hall–Kier alpha value is -1.87. The first-order chi connectivity index (χ1) is 13.8.